The first-order valence-electron chi connectivity index (χ1n) is 12.1. The fourth-order valence-electron chi connectivity index (χ4n) is 3.03. The van der Waals surface area contributed by atoms with Crippen molar-refractivity contribution >= 4 is 0 Å². The van der Waals surface area contributed by atoms with Crippen LogP contribution in [-0.4, -0.2) is 29.8 Å². The molecular weight excluding hydrogens is 450 g/mol. The number of nitrogens with zero attached hydrogens (tertiary/aromatic N) is 1. The van der Waals surface area contributed by atoms with Gasteiger partial charge < -0.3 is 24.2 Å². The lowest BCUT2D eigenvalue weighted by Crippen LogP contribution is -2.26. The number of methoxy groups -OCH3 is 1. The van der Waals surface area contributed by atoms with Crippen molar-refractivity contribution in [1.29, 1.82) is 0 Å². The molecule has 0 aromatic rings. The van der Waals surface area contributed by atoms with Gasteiger partial charge in [-0.3, -0.25) is 0 Å². The van der Waals surface area contributed by atoms with E-state index >= 15 is 0 Å². The highest BCUT2D eigenvalue weighted by Crippen LogP contribution is 2.25. The maximum atomic E-state index is 10.0. The molecule has 1 rings (SSSR count). The highest BCUT2D eigenvalue weighted by molar-refractivity contribution is 5.38. The fourth-order valence-corrected chi connectivity index (χ4v) is 3.03. The molecule has 0 spiro atoms. The zero-order valence-electron chi connectivity index (χ0n) is 22.6. The van der Waals surface area contributed by atoms with E-state index in [1.54, 1.807) is 23.1 Å². The Morgan fingerprint density at radius 3 is 2.36 bits per heavy atom. The molecule has 0 radical (unpaired) electrons. The Kier molecular flexibility index (Phi) is 17.4. The summed E-state index contributed by atoms with van der Waals surface area (Å²) in [5.74, 6) is 0.947. The summed E-state index contributed by atoms with van der Waals surface area (Å²) >= 11 is 0. The molecule has 5 heteroatoms. The Balaban J connectivity index is 0.00000596. The Labute approximate surface area is 218 Å². The summed E-state index contributed by atoms with van der Waals surface area (Å²) in [6.45, 7) is 23.8. The van der Waals surface area contributed by atoms with Crippen molar-refractivity contribution in [3.63, 3.8) is 0 Å². The summed E-state index contributed by atoms with van der Waals surface area (Å²) in [4.78, 5) is 1.79. The van der Waals surface area contributed by atoms with E-state index in [2.05, 4.69) is 26.3 Å². The maximum absolute atomic E-state index is 10.0. The van der Waals surface area contributed by atoms with Crippen molar-refractivity contribution < 1.29 is 19.3 Å². The van der Waals surface area contributed by atoms with Crippen LogP contribution in [0.1, 0.15) is 40.5 Å². The van der Waals surface area contributed by atoms with E-state index in [1.165, 1.54) is 13.3 Å². The number of hydrogen-bond acceptors (Lipinski definition) is 5. The average molecular weight is 494 g/mol. The molecule has 5 nitrogen and oxygen atoms in total. The third kappa shape index (κ3) is 12.0. The van der Waals surface area contributed by atoms with E-state index < -0.39 is 0 Å². The van der Waals surface area contributed by atoms with Crippen molar-refractivity contribution in [2.45, 2.75) is 46.6 Å². The van der Waals surface area contributed by atoms with Gasteiger partial charge in [0, 0.05) is 11.4 Å². The quantitative estimate of drug-likeness (QED) is 0.195. The molecule has 1 unspecified atom stereocenters. The minimum atomic E-state index is -0.224. The Morgan fingerprint density at radius 1 is 1.11 bits per heavy atom. The molecule has 0 saturated carbocycles. The molecule has 1 heterocycles. The van der Waals surface area contributed by atoms with Crippen LogP contribution in [0.5, 0.6) is 0 Å². The third-order valence-corrected chi connectivity index (χ3v) is 4.76. The number of aliphatic hydroxyl groups is 1. The van der Waals surface area contributed by atoms with E-state index in [9.17, 15) is 5.11 Å². The summed E-state index contributed by atoms with van der Waals surface area (Å²) in [6.07, 6.45) is 23.2. The summed E-state index contributed by atoms with van der Waals surface area (Å²) in [5, 5.41) is 10.0. The van der Waals surface area contributed by atoms with Crippen molar-refractivity contribution in [2.24, 2.45) is 0 Å². The van der Waals surface area contributed by atoms with Crippen LogP contribution in [0.4, 0.5) is 0 Å². The normalized spacial score (nSPS) is 16.8. The van der Waals surface area contributed by atoms with Crippen LogP contribution >= 0.6 is 0 Å². The second-order valence-electron chi connectivity index (χ2n) is 7.29. The lowest BCUT2D eigenvalue weighted by molar-refractivity contribution is 0.00350. The molecule has 0 aliphatic carbocycles. The SMILES string of the molecule is C=C/C=C(/C=C/C=C\C=C/C)\C=C(/C)N(/C=C(/O)OC)C(=C)CCC1COC(C=C)=C(C=C)O1.CC. The van der Waals surface area contributed by atoms with Crippen molar-refractivity contribution in [1.82, 2.24) is 4.90 Å². The van der Waals surface area contributed by atoms with Gasteiger partial charge in [0.25, 0.3) is 5.95 Å². The van der Waals surface area contributed by atoms with Crippen molar-refractivity contribution in [3.05, 3.63) is 134 Å². The van der Waals surface area contributed by atoms with Crippen LogP contribution < -0.4 is 0 Å². The molecule has 1 atom stereocenters. The van der Waals surface area contributed by atoms with E-state index in [-0.39, 0.29) is 12.0 Å². The first-order chi connectivity index (χ1) is 17.4. The monoisotopic (exact) mass is 493 g/mol. The van der Waals surface area contributed by atoms with Crippen LogP contribution in [0.15, 0.2) is 134 Å². The Morgan fingerprint density at radius 2 is 1.78 bits per heavy atom. The maximum Gasteiger partial charge on any atom is 0.293 e. The van der Waals surface area contributed by atoms with E-state index in [0.717, 1.165) is 17.0 Å². The highest BCUT2D eigenvalue weighted by atomic mass is 16.6. The van der Waals surface area contributed by atoms with E-state index in [4.69, 9.17) is 14.2 Å². The van der Waals surface area contributed by atoms with Gasteiger partial charge in [0.2, 0.25) is 0 Å². The minimum absolute atomic E-state index is 0.150. The first kappa shape index (κ1) is 32.1. The summed E-state index contributed by atoms with van der Waals surface area (Å²) < 4.78 is 16.6. The van der Waals surface area contributed by atoms with Crippen molar-refractivity contribution in [2.75, 3.05) is 13.7 Å². The predicted octanol–water partition coefficient (Wildman–Crippen LogP) is 8.32. The molecule has 36 heavy (non-hydrogen) atoms. The third-order valence-electron chi connectivity index (χ3n) is 4.76. The molecular formula is C31H43NO4. The van der Waals surface area contributed by atoms with Crippen LogP contribution in [0.25, 0.3) is 0 Å². The summed E-state index contributed by atoms with van der Waals surface area (Å²) in [6, 6.07) is 0. The zero-order chi connectivity index (χ0) is 27.3. The van der Waals surface area contributed by atoms with Gasteiger partial charge in [-0.15, -0.1) is 0 Å². The second-order valence-corrected chi connectivity index (χ2v) is 7.29. The summed E-state index contributed by atoms with van der Waals surface area (Å²) in [7, 11) is 1.40. The van der Waals surface area contributed by atoms with Gasteiger partial charge in [0.1, 0.15) is 12.7 Å². The standard InChI is InChI=1S/C29H37NO4.C2H6/c1-8-12-13-14-15-17-25(16-9-2)20-24(6)30(21-29(31)32-7)23(5)18-19-26-22-33-27(10-3)28(11-4)34-26;1-2/h8-17,20-21,26,31H,2-5,18-19,22H2,1,6-7H3;1-2H3/b12-8-,14-13-,17-15+,24-20+,25-16-,29-21-;. The highest BCUT2D eigenvalue weighted by Gasteiger charge is 2.21. The number of aliphatic hydroxyl groups excluding tert-OH is 1. The predicted molar refractivity (Wildman–Crippen MR) is 153 cm³/mol. The van der Waals surface area contributed by atoms with Gasteiger partial charge in [0.15, 0.2) is 11.5 Å². The van der Waals surface area contributed by atoms with Crippen LogP contribution in [-0.2, 0) is 14.2 Å². The largest absolute Gasteiger partial charge is 0.486 e. The lowest BCUT2D eigenvalue weighted by Gasteiger charge is -2.29. The van der Waals surface area contributed by atoms with Gasteiger partial charge in [-0.25, -0.2) is 0 Å². The van der Waals surface area contributed by atoms with Gasteiger partial charge in [-0.2, -0.15) is 0 Å². The smallest absolute Gasteiger partial charge is 0.293 e. The van der Waals surface area contributed by atoms with Gasteiger partial charge in [-0.05, 0) is 50.5 Å². The number of ether oxygens (including phenoxy) is 3. The molecule has 1 aliphatic heterocycles. The van der Waals surface area contributed by atoms with Crippen LogP contribution in [0, 0.1) is 0 Å². The molecule has 0 amide bonds. The second kappa shape index (κ2) is 19.4. The molecule has 0 saturated heterocycles. The average Bonchev–Trinajstić information content (AvgIpc) is 2.90. The number of hydrogen-bond donors (Lipinski definition) is 1. The molecule has 0 bridgehead atoms. The van der Waals surface area contributed by atoms with Gasteiger partial charge >= 0.3 is 0 Å². The van der Waals surface area contributed by atoms with Crippen LogP contribution in [0.3, 0.4) is 0 Å². The Bertz CT molecular complexity index is 942. The zero-order valence-corrected chi connectivity index (χ0v) is 22.6. The van der Waals surface area contributed by atoms with Gasteiger partial charge in [-0.1, -0.05) is 88.8 Å². The number of rotatable bonds is 14. The molecule has 0 aromatic carbocycles. The molecule has 0 fully saturated rings. The molecule has 1 aliphatic rings. The van der Waals surface area contributed by atoms with Crippen molar-refractivity contribution in [3.8, 4) is 0 Å². The van der Waals surface area contributed by atoms with E-state index in [0.29, 0.717) is 31.0 Å². The van der Waals surface area contributed by atoms with E-state index in [1.807, 2.05) is 76.3 Å². The Hall–Kier alpha value is -3.86. The number of allylic oxidation sites excluding steroid dienone is 14. The molecule has 1 N–H and O–H groups in total. The first-order valence-corrected chi connectivity index (χ1v) is 12.1. The molecule has 0 aromatic heterocycles. The summed E-state index contributed by atoms with van der Waals surface area (Å²) in [5.41, 5.74) is 2.53. The lowest BCUT2D eigenvalue weighted by atomic mass is 10.1. The topological polar surface area (TPSA) is 51.2 Å². The van der Waals surface area contributed by atoms with Crippen LogP contribution in [0.2, 0.25) is 0 Å². The minimum Gasteiger partial charge on any atom is -0.486 e. The van der Waals surface area contributed by atoms with Gasteiger partial charge in [0.05, 0.1) is 13.3 Å². The fraction of sp³-hybridized carbons (Fsp3) is 0.290. The molecule has 196 valence electrons.